The van der Waals surface area contributed by atoms with E-state index in [0.717, 1.165) is 35.5 Å². The van der Waals surface area contributed by atoms with Crippen molar-refractivity contribution in [2.75, 3.05) is 0 Å². The predicted octanol–water partition coefficient (Wildman–Crippen LogP) is 5.76. The number of benzene rings is 2. The molecule has 0 spiro atoms. The Morgan fingerprint density at radius 3 is 2.69 bits per heavy atom. The lowest BCUT2D eigenvalue weighted by Crippen LogP contribution is -2.10. The Balaban J connectivity index is 1.53. The summed E-state index contributed by atoms with van der Waals surface area (Å²) in [5.41, 5.74) is 3.29. The van der Waals surface area contributed by atoms with Gasteiger partial charge in [-0.15, -0.1) is 0 Å². The topological polar surface area (TPSA) is 55.2 Å². The summed E-state index contributed by atoms with van der Waals surface area (Å²) in [6, 6.07) is 16.3. The van der Waals surface area contributed by atoms with Crippen LogP contribution in [0.25, 0.3) is 0 Å². The normalized spacial score (nSPS) is 15.1. The molecule has 1 heterocycles. The van der Waals surface area contributed by atoms with Crippen LogP contribution in [0.5, 0.6) is 5.75 Å². The van der Waals surface area contributed by atoms with Crippen molar-refractivity contribution in [3.63, 3.8) is 0 Å². The molecule has 1 aliphatic carbocycles. The van der Waals surface area contributed by atoms with Crippen LogP contribution in [0.3, 0.4) is 0 Å². The third-order valence-electron chi connectivity index (χ3n) is 5.39. The Hall–Kier alpha value is -2.73. The molecule has 0 saturated heterocycles. The molecule has 0 aliphatic heterocycles. The van der Waals surface area contributed by atoms with Crippen LogP contribution in [0, 0.1) is 11.7 Å². The molecule has 0 unspecified atom stereocenters. The highest BCUT2D eigenvalue weighted by Crippen LogP contribution is 2.31. The summed E-state index contributed by atoms with van der Waals surface area (Å²) in [5.74, 6) is 2.15. The molecule has 5 nitrogen and oxygen atoms in total. The molecule has 3 aromatic rings. The Morgan fingerprint density at radius 2 is 1.90 bits per heavy atom. The van der Waals surface area contributed by atoms with Gasteiger partial charge in [0.15, 0.2) is 5.82 Å². The summed E-state index contributed by atoms with van der Waals surface area (Å²) in [6.07, 6.45) is 7.88. The van der Waals surface area contributed by atoms with E-state index in [1.807, 2.05) is 30.5 Å². The van der Waals surface area contributed by atoms with E-state index in [2.05, 4.69) is 46.5 Å². The van der Waals surface area contributed by atoms with Crippen molar-refractivity contribution in [1.82, 2.24) is 14.9 Å². The molecule has 1 saturated carbocycles. The smallest absolute Gasteiger partial charge is 0.216 e. The number of H-pyrrole nitrogens is 1. The monoisotopic (exact) mass is 406 g/mol. The second kappa shape index (κ2) is 9.18. The summed E-state index contributed by atoms with van der Waals surface area (Å²) < 4.78 is 8.35. The molecule has 29 heavy (non-hydrogen) atoms. The number of nitrogens with zero attached hydrogens (tertiary/aromatic N) is 3. The zero-order valence-electron chi connectivity index (χ0n) is 16.7. The van der Waals surface area contributed by atoms with Gasteiger partial charge in [-0.05, 0) is 49.7 Å². The van der Waals surface area contributed by atoms with Gasteiger partial charge in [-0.2, -0.15) is 14.9 Å². The van der Waals surface area contributed by atoms with E-state index in [1.165, 1.54) is 24.8 Å². The quantitative estimate of drug-likeness (QED) is 0.418. The van der Waals surface area contributed by atoms with Crippen LogP contribution < -0.4 is 4.74 Å². The highest BCUT2D eigenvalue weighted by atomic mass is 32.1. The van der Waals surface area contributed by atoms with E-state index in [-0.39, 0.29) is 0 Å². The summed E-state index contributed by atoms with van der Waals surface area (Å²) in [7, 11) is 0. The molecule has 0 radical (unpaired) electrons. The molecule has 1 aromatic heterocycles. The van der Waals surface area contributed by atoms with Crippen LogP contribution in [0.1, 0.15) is 60.5 Å². The van der Waals surface area contributed by atoms with Crippen LogP contribution in [0.15, 0.2) is 53.6 Å². The van der Waals surface area contributed by atoms with Gasteiger partial charge >= 0.3 is 0 Å². The zero-order valence-corrected chi connectivity index (χ0v) is 17.5. The van der Waals surface area contributed by atoms with Crippen molar-refractivity contribution < 1.29 is 4.74 Å². The van der Waals surface area contributed by atoms with Gasteiger partial charge in [0.1, 0.15) is 12.4 Å². The van der Waals surface area contributed by atoms with Crippen molar-refractivity contribution in [3.8, 4) is 5.75 Å². The number of nitrogens with one attached hydrogen (secondary N) is 1. The molecule has 1 N–H and O–H groups in total. The summed E-state index contributed by atoms with van der Waals surface area (Å²) in [4.78, 5) is 0. The van der Waals surface area contributed by atoms with Crippen molar-refractivity contribution in [2.24, 2.45) is 5.10 Å². The second-order valence-electron chi connectivity index (χ2n) is 7.59. The molecule has 0 atom stereocenters. The first kappa shape index (κ1) is 19.6. The first-order chi connectivity index (χ1) is 14.2. The predicted molar refractivity (Wildman–Crippen MR) is 118 cm³/mol. The van der Waals surface area contributed by atoms with Crippen LogP contribution in [0.4, 0.5) is 0 Å². The molecule has 150 valence electrons. The van der Waals surface area contributed by atoms with Crippen molar-refractivity contribution in [3.05, 3.63) is 75.8 Å². The molecule has 1 fully saturated rings. The SMILES string of the molecule is Cc1ccc(COc2ccccc2/C=N\n2c(C3CCCCC3)n[nH]c2=S)cc1. The molecule has 0 amide bonds. The van der Waals surface area contributed by atoms with E-state index in [0.29, 0.717) is 17.3 Å². The van der Waals surface area contributed by atoms with Gasteiger partial charge in [-0.3, -0.25) is 5.10 Å². The number of rotatable bonds is 6. The van der Waals surface area contributed by atoms with Gasteiger partial charge < -0.3 is 4.74 Å². The number of aromatic nitrogens is 3. The maximum Gasteiger partial charge on any atom is 0.216 e. The standard InChI is InChI=1S/C23H26N4OS/c1-17-11-13-18(14-12-17)16-28-21-10-6-5-9-20(21)15-24-27-22(25-26-23(27)29)19-7-3-2-4-8-19/h5-6,9-15,19H,2-4,7-8,16H2,1H3,(H,26,29)/b24-15-. The molecule has 6 heteroatoms. The minimum Gasteiger partial charge on any atom is -0.488 e. The van der Waals surface area contributed by atoms with Crippen molar-refractivity contribution in [1.29, 1.82) is 0 Å². The minimum atomic E-state index is 0.418. The third-order valence-corrected chi connectivity index (χ3v) is 5.66. The van der Waals surface area contributed by atoms with Crippen LogP contribution in [-0.4, -0.2) is 21.1 Å². The summed E-state index contributed by atoms with van der Waals surface area (Å²) in [6.45, 7) is 2.60. The summed E-state index contributed by atoms with van der Waals surface area (Å²) >= 11 is 5.42. The van der Waals surface area contributed by atoms with E-state index >= 15 is 0 Å². The third kappa shape index (κ3) is 4.82. The Morgan fingerprint density at radius 1 is 1.14 bits per heavy atom. The lowest BCUT2D eigenvalue weighted by Gasteiger charge is -2.19. The second-order valence-corrected chi connectivity index (χ2v) is 7.98. The molecule has 1 aliphatic rings. The molecule has 4 rings (SSSR count). The highest BCUT2D eigenvalue weighted by molar-refractivity contribution is 7.71. The first-order valence-electron chi connectivity index (χ1n) is 10.2. The lowest BCUT2D eigenvalue weighted by molar-refractivity contribution is 0.306. The van der Waals surface area contributed by atoms with Gasteiger partial charge in [0, 0.05) is 11.5 Å². The van der Waals surface area contributed by atoms with Gasteiger partial charge in [0.05, 0.1) is 6.21 Å². The first-order valence-corrected chi connectivity index (χ1v) is 10.6. The number of para-hydroxylation sites is 1. The van der Waals surface area contributed by atoms with Crippen molar-refractivity contribution >= 4 is 18.4 Å². The Kier molecular flexibility index (Phi) is 6.20. The number of aromatic amines is 1. The number of hydrogen-bond acceptors (Lipinski definition) is 4. The van der Waals surface area contributed by atoms with E-state index in [9.17, 15) is 0 Å². The van der Waals surface area contributed by atoms with Gasteiger partial charge in [-0.25, -0.2) is 0 Å². The molecule has 0 bridgehead atoms. The summed E-state index contributed by atoms with van der Waals surface area (Å²) in [5, 5.41) is 12.0. The van der Waals surface area contributed by atoms with Crippen molar-refractivity contribution in [2.45, 2.75) is 51.6 Å². The van der Waals surface area contributed by atoms with Crippen LogP contribution in [-0.2, 0) is 6.61 Å². The minimum absolute atomic E-state index is 0.418. The fraction of sp³-hybridized carbons (Fsp3) is 0.348. The largest absolute Gasteiger partial charge is 0.488 e. The van der Waals surface area contributed by atoms with Gasteiger partial charge in [0.25, 0.3) is 0 Å². The van der Waals surface area contributed by atoms with Crippen LogP contribution >= 0.6 is 12.2 Å². The van der Waals surface area contributed by atoms with E-state index in [1.54, 1.807) is 4.68 Å². The average Bonchev–Trinajstić information content (AvgIpc) is 3.13. The fourth-order valence-corrected chi connectivity index (χ4v) is 3.91. The maximum absolute atomic E-state index is 6.06. The molecule has 2 aromatic carbocycles. The Bertz CT molecular complexity index is 1030. The fourth-order valence-electron chi connectivity index (χ4n) is 3.72. The highest BCUT2D eigenvalue weighted by Gasteiger charge is 2.21. The van der Waals surface area contributed by atoms with Crippen LogP contribution in [0.2, 0.25) is 0 Å². The Labute approximate surface area is 176 Å². The average molecular weight is 407 g/mol. The number of aryl methyl sites for hydroxylation is 1. The number of ether oxygens (including phenoxy) is 1. The van der Waals surface area contributed by atoms with E-state index < -0.39 is 0 Å². The van der Waals surface area contributed by atoms with Gasteiger partial charge in [0.2, 0.25) is 4.77 Å². The zero-order chi connectivity index (χ0) is 20.1. The lowest BCUT2D eigenvalue weighted by atomic mass is 9.89. The molecular weight excluding hydrogens is 380 g/mol. The maximum atomic E-state index is 6.06. The van der Waals surface area contributed by atoms with E-state index in [4.69, 9.17) is 17.0 Å². The molecular formula is C23H26N4OS. The number of hydrogen-bond donors (Lipinski definition) is 1. The van der Waals surface area contributed by atoms with Gasteiger partial charge in [-0.1, -0.05) is 61.2 Å².